The van der Waals surface area contributed by atoms with Crippen LogP contribution in [-0.4, -0.2) is 53.2 Å². The summed E-state index contributed by atoms with van der Waals surface area (Å²) in [6.07, 6.45) is 10.3. The largest absolute Gasteiger partial charge is 0.369 e. The fourth-order valence-electron chi connectivity index (χ4n) is 12.3. The van der Waals surface area contributed by atoms with Crippen molar-refractivity contribution in [3.8, 4) is 0 Å². The molecule has 0 rings (SSSR count). The molecule has 0 aliphatic heterocycles. The van der Waals surface area contributed by atoms with E-state index in [0.717, 1.165) is 12.8 Å². The van der Waals surface area contributed by atoms with Gasteiger partial charge in [-0.2, -0.15) is 0 Å². The van der Waals surface area contributed by atoms with Crippen molar-refractivity contribution in [3.05, 3.63) is 0 Å². The second kappa shape index (κ2) is 36.4. The number of carbonyl (C=O) groups is 9. The molecule has 18 unspecified atom stereocenters. The van der Waals surface area contributed by atoms with Crippen LogP contribution in [0.15, 0.2) is 0 Å². The zero-order chi connectivity index (χ0) is 59.6. The highest BCUT2D eigenvalue weighted by atomic mass is 16.2. The van der Waals surface area contributed by atoms with Gasteiger partial charge in [-0.05, 0) is 175 Å². The molecule has 0 radical (unpaired) electrons. The normalized spacial score (nSPS) is 19.0. The third kappa shape index (κ3) is 26.2. The number of primary amides is 9. The summed E-state index contributed by atoms with van der Waals surface area (Å²) < 4.78 is 0. The lowest BCUT2D eigenvalue weighted by atomic mass is 9.75. The van der Waals surface area contributed by atoms with E-state index < -0.39 is 82.8 Å². The molecule has 0 aromatic heterocycles. The molecule has 0 aromatic rings. The van der Waals surface area contributed by atoms with Gasteiger partial charge in [-0.25, -0.2) is 0 Å². The Balaban J connectivity index is 5.63. The Morgan fingerprint density at radius 3 is 0.468 bits per heavy atom. The summed E-state index contributed by atoms with van der Waals surface area (Å²) in [5.74, 6) is -8.96. The lowest BCUT2D eigenvalue weighted by Crippen LogP contribution is -2.35. The number of rotatable bonds is 46. The van der Waals surface area contributed by atoms with Crippen LogP contribution in [0.4, 0.5) is 0 Å². The van der Waals surface area contributed by atoms with E-state index in [1.165, 1.54) is 0 Å². The van der Waals surface area contributed by atoms with Gasteiger partial charge in [0.1, 0.15) is 0 Å². The minimum Gasteiger partial charge on any atom is -0.369 e. The van der Waals surface area contributed by atoms with Crippen LogP contribution in [0.25, 0.3) is 0 Å². The average molecular weight is 1090 g/mol. The monoisotopic (exact) mass is 1090 g/mol. The number of carbonyl (C=O) groups excluding carboxylic acids is 9. The van der Waals surface area contributed by atoms with E-state index in [9.17, 15) is 43.2 Å². The summed E-state index contributed by atoms with van der Waals surface area (Å²) in [7, 11) is 0. The second-order valence-electron chi connectivity index (χ2n) is 24.9. The molecule has 0 fully saturated rings. The average Bonchev–Trinajstić information content (AvgIpc) is 3.30. The van der Waals surface area contributed by atoms with Crippen LogP contribution in [0.3, 0.4) is 0 Å². The third-order valence-electron chi connectivity index (χ3n) is 18.7. The number of amides is 9. The van der Waals surface area contributed by atoms with E-state index in [0.29, 0.717) is 115 Å². The Morgan fingerprint density at radius 1 is 0.221 bits per heavy atom. The van der Waals surface area contributed by atoms with Crippen LogP contribution in [0.2, 0.25) is 0 Å². The Labute approximate surface area is 463 Å². The highest BCUT2D eigenvalue weighted by Gasteiger charge is 2.35. The maximum atomic E-state index is 12.9. The molecule has 446 valence electrons. The molecule has 0 bridgehead atoms. The molecule has 0 saturated carbocycles. The molecule has 0 saturated heterocycles. The number of hydrogen-bond donors (Lipinski definition) is 9. The Hall–Kier alpha value is -4.77. The van der Waals surface area contributed by atoms with E-state index in [4.69, 9.17) is 51.6 Å². The van der Waals surface area contributed by atoms with Crippen molar-refractivity contribution in [3.63, 3.8) is 0 Å². The van der Waals surface area contributed by atoms with Gasteiger partial charge in [0.05, 0.1) is 0 Å². The quantitative estimate of drug-likeness (QED) is 0.0312. The predicted octanol–water partition coefficient (Wildman–Crippen LogP) is 6.71. The zero-order valence-electron chi connectivity index (χ0n) is 49.8. The Bertz CT molecular complexity index is 1870. The summed E-state index contributed by atoms with van der Waals surface area (Å²) in [6.45, 7) is 23.6. The fourth-order valence-corrected chi connectivity index (χ4v) is 12.3. The van der Waals surface area contributed by atoms with Crippen LogP contribution >= 0.6 is 0 Å². The molecule has 18 nitrogen and oxygen atoms in total. The van der Waals surface area contributed by atoms with Gasteiger partial charge in [0, 0.05) is 53.3 Å². The van der Waals surface area contributed by atoms with Crippen molar-refractivity contribution in [2.24, 2.45) is 164 Å². The maximum Gasteiger partial charge on any atom is 0.220 e. The van der Waals surface area contributed by atoms with Gasteiger partial charge in [-0.3, -0.25) is 43.2 Å². The molecule has 0 aliphatic rings. The van der Waals surface area contributed by atoms with Crippen LogP contribution in [0.5, 0.6) is 0 Å². The van der Waals surface area contributed by atoms with Gasteiger partial charge in [-0.15, -0.1) is 0 Å². The van der Waals surface area contributed by atoms with Crippen molar-refractivity contribution >= 4 is 53.2 Å². The van der Waals surface area contributed by atoms with E-state index in [1.54, 1.807) is 0 Å². The van der Waals surface area contributed by atoms with Gasteiger partial charge in [0.2, 0.25) is 53.2 Å². The molecule has 0 heterocycles. The Morgan fingerprint density at radius 2 is 0.351 bits per heavy atom. The first-order valence-electron chi connectivity index (χ1n) is 29.3. The first kappa shape index (κ1) is 72.2. The molecule has 0 aromatic carbocycles. The van der Waals surface area contributed by atoms with Crippen molar-refractivity contribution < 1.29 is 43.2 Å². The summed E-state index contributed by atoms with van der Waals surface area (Å²) in [6, 6.07) is 0. The molecule has 18 heteroatoms. The fraction of sp³-hybridized carbons (Fsp3) is 0.847. The summed E-state index contributed by atoms with van der Waals surface area (Å²) in [5, 5.41) is 0. The maximum absolute atomic E-state index is 12.9. The molecule has 9 amide bonds. The smallest absolute Gasteiger partial charge is 0.220 e. The molecule has 0 aliphatic carbocycles. The van der Waals surface area contributed by atoms with Gasteiger partial charge < -0.3 is 51.6 Å². The van der Waals surface area contributed by atoms with Gasteiger partial charge >= 0.3 is 0 Å². The topological polar surface area (TPSA) is 388 Å². The molecule has 18 atom stereocenters. The van der Waals surface area contributed by atoms with Gasteiger partial charge in [-0.1, -0.05) is 89.5 Å². The first-order chi connectivity index (χ1) is 35.7. The second-order valence-corrected chi connectivity index (χ2v) is 24.9. The lowest BCUT2D eigenvalue weighted by molar-refractivity contribution is -0.126. The van der Waals surface area contributed by atoms with Crippen molar-refractivity contribution in [1.29, 1.82) is 0 Å². The summed E-state index contributed by atoms with van der Waals surface area (Å²) in [5.41, 5.74) is 52.9. The minimum absolute atomic E-state index is 0.0187. The molecule has 0 spiro atoms. The van der Waals surface area contributed by atoms with Gasteiger partial charge in [0.25, 0.3) is 0 Å². The van der Waals surface area contributed by atoms with Crippen LogP contribution in [0.1, 0.15) is 205 Å². The number of hydrogen-bond acceptors (Lipinski definition) is 9. The molecular formula is C59H111N9O9. The Kier molecular flexibility index (Phi) is 34.2. The van der Waals surface area contributed by atoms with Crippen LogP contribution in [0, 0.1) is 112 Å². The van der Waals surface area contributed by atoms with E-state index in [2.05, 4.69) is 13.8 Å². The highest BCUT2D eigenvalue weighted by molar-refractivity contribution is 5.80. The van der Waals surface area contributed by atoms with E-state index in [-0.39, 0.29) is 76.9 Å². The van der Waals surface area contributed by atoms with Crippen molar-refractivity contribution in [2.45, 2.75) is 205 Å². The molecule has 77 heavy (non-hydrogen) atoms. The van der Waals surface area contributed by atoms with E-state index >= 15 is 0 Å². The summed E-state index contributed by atoms with van der Waals surface area (Å²) >= 11 is 0. The van der Waals surface area contributed by atoms with Crippen LogP contribution in [-0.2, 0) is 43.2 Å². The minimum atomic E-state index is -0.562. The first-order valence-corrected chi connectivity index (χ1v) is 29.3. The lowest BCUT2D eigenvalue weighted by Gasteiger charge is -2.29. The molecular weight excluding hydrogens is 979 g/mol. The summed E-state index contributed by atoms with van der Waals surface area (Å²) in [4.78, 5) is 114. The van der Waals surface area contributed by atoms with Gasteiger partial charge in [0.15, 0.2) is 0 Å². The number of nitrogens with two attached hydrogens (primary N) is 9. The predicted molar refractivity (Wildman–Crippen MR) is 305 cm³/mol. The zero-order valence-corrected chi connectivity index (χ0v) is 49.8. The van der Waals surface area contributed by atoms with Crippen molar-refractivity contribution in [2.75, 3.05) is 0 Å². The molecule has 18 N–H and O–H groups in total. The van der Waals surface area contributed by atoms with Crippen LogP contribution < -0.4 is 51.6 Å². The highest BCUT2D eigenvalue weighted by Crippen LogP contribution is 2.37. The van der Waals surface area contributed by atoms with Crippen molar-refractivity contribution in [1.82, 2.24) is 0 Å². The standard InChI is InChI=1S/C59H111N9O9/c1-13-33(4)14-23-43(52(61)70)35(6)16-25-45(54(63)72)37(8)18-27-47(56(65)74)39(10)20-29-49(58(67)76)41(12)22-31-50(59(68)77)40(11)21-30-48(57(66)75)38(9)19-28-46(55(64)73)36(7)17-26-44(53(62)71)34(5)15-24-42(32(2)3)51(60)69/h32-50H,13-31H2,1-12H3,(H2,60,69)(H2,61,70)(H2,62,71)(H2,63,72)(H2,64,73)(H2,65,74)(H2,66,75)(H2,67,76)(H2,68,77). The third-order valence-corrected chi connectivity index (χ3v) is 18.7. The SMILES string of the molecule is CCC(C)CCC(C(N)=O)C(C)CCC(C(N)=O)C(C)CCC(C(N)=O)C(C)CCC(C(N)=O)C(C)CCC(C(N)=O)C(C)CCC(C(N)=O)C(C)CCC(C(N)=O)C(C)CCC(C(N)=O)C(C)CCC(C(N)=O)C(C)C. The van der Waals surface area contributed by atoms with E-state index in [1.807, 2.05) is 69.2 Å².